The van der Waals surface area contributed by atoms with E-state index in [1.54, 1.807) is 17.4 Å². The topological polar surface area (TPSA) is 58.2 Å². The number of carbonyl (C=O) groups is 2. The van der Waals surface area contributed by atoms with Gasteiger partial charge in [-0.25, -0.2) is 0 Å². The van der Waals surface area contributed by atoms with Crippen molar-refractivity contribution in [2.45, 2.75) is 44.6 Å². The quantitative estimate of drug-likeness (QED) is 0.481. The molecule has 4 nitrogen and oxygen atoms in total. The molecule has 0 saturated heterocycles. The molecule has 3 aromatic rings. The number of hydrogen-bond acceptors (Lipinski definition) is 4. The van der Waals surface area contributed by atoms with Crippen LogP contribution >= 0.6 is 22.7 Å². The van der Waals surface area contributed by atoms with Crippen molar-refractivity contribution in [1.82, 2.24) is 10.6 Å². The first-order valence-electron chi connectivity index (χ1n) is 10.5. The van der Waals surface area contributed by atoms with Crippen molar-refractivity contribution in [3.8, 4) is 0 Å². The van der Waals surface area contributed by atoms with Gasteiger partial charge in [-0.15, -0.1) is 22.7 Å². The lowest BCUT2D eigenvalue weighted by molar-refractivity contribution is -0.121. The Morgan fingerprint density at radius 2 is 1.77 bits per heavy atom. The predicted molar refractivity (Wildman–Crippen MR) is 123 cm³/mol. The fourth-order valence-corrected chi connectivity index (χ4v) is 5.33. The second-order valence-corrected chi connectivity index (χ2v) is 9.51. The molecule has 0 spiro atoms. The summed E-state index contributed by atoms with van der Waals surface area (Å²) in [5.41, 5.74) is 4.02. The van der Waals surface area contributed by atoms with Crippen molar-refractivity contribution >= 4 is 34.5 Å². The van der Waals surface area contributed by atoms with E-state index in [0.717, 1.165) is 23.3 Å². The van der Waals surface area contributed by atoms with Crippen LogP contribution in [0.25, 0.3) is 0 Å². The highest BCUT2D eigenvalue weighted by Gasteiger charge is 2.20. The van der Waals surface area contributed by atoms with E-state index < -0.39 is 0 Å². The molecule has 0 fully saturated rings. The molecule has 1 atom stereocenters. The smallest absolute Gasteiger partial charge is 0.261 e. The molecule has 156 valence electrons. The number of carbonyl (C=O) groups excluding carboxylic acids is 2. The minimum Gasteiger partial charge on any atom is -0.351 e. The van der Waals surface area contributed by atoms with Crippen LogP contribution in [-0.2, 0) is 17.6 Å². The molecule has 1 aromatic carbocycles. The largest absolute Gasteiger partial charge is 0.351 e. The summed E-state index contributed by atoms with van der Waals surface area (Å²) in [4.78, 5) is 26.5. The molecule has 0 radical (unpaired) electrons. The standard InChI is InChI=1S/C24H26N2O2S2/c27-22(10-3-13-25-24(28)21-9-5-15-30-21)26-23(20-8-4-14-29-20)19-12-11-17-6-1-2-7-18(17)16-19/h4-5,8-9,11-12,14-16,23H,1-3,6-7,10,13H2,(H,25,28)(H,26,27). The van der Waals surface area contributed by atoms with Crippen molar-refractivity contribution in [3.63, 3.8) is 0 Å². The van der Waals surface area contributed by atoms with Crippen LogP contribution in [0.5, 0.6) is 0 Å². The highest BCUT2D eigenvalue weighted by Crippen LogP contribution is 2.30. The van der Waals surface area contributed by atoms with Crippen LogP contribution in [0, 0.1) is 0 Å². The molecule has 4 rings (SSSR count). The molecule has 0 aliphatic heterocycles. The van der Waals surface area contributed by atoms with Gasteiger partial charge in [-0.2, -0.15) is 0 Å². The Morgan fingerprint density at radius 3 is 2.53 bits per heavy atom. The predicted octanol–water partition coefficient (Wildman–Crippen LogP) is 5.10. The molecular formula is C24H26N2O2S2. The molecule has 6 heteroatoms. The van der Waals surface area contributed by atoms with Crippen molar-refractivity contribution in [2.75, 3.05) is 6.54 Å². The van der Waals surface area contributed by atoms with Crippen molar-refractivity contribution in [3.05, 3.63) is 79.7 Å². The van der Waals surface area contributed by atoms with Crippen LogP contribution in [0.2, 0.25) is 0 Å². The summed E-state index contributed by atoms with van der Waals surface area (Å²) in [6, 6.07) is 14.3. The summed E-state index contributed by atoms with van der Waals surface area (Å²) in [5, 5.41) is 10.0. The van der Waals surface area contributed by atoms with Crippen LogP contribution in [0.15, 0.2) is 53.2 Å². The molecule has 2 amide bonds. The summed E-state index contributed by atoms with van der Waals surface area (Å²) in [5.74, 6) is -0.0626. The summed E-state index contributed by atoms with van der Waals surface area (Å²) in [6.07, 6.45) is 5.78. The number of rotatable bonds is 8. The number of fused-ring (bicyclic) bond motifs is 1. The maximum absolute atomic E-state index is 12.7. The number of benzene rings is 1. The molecule has 0 saturated carbocycles. The molecule has 0 bridgehead atoms. The van der Waals surface area contributed by atoms with E-state index in [2.05, 4.69) is 34.9 Å². The Morgan fingerprint density at radius 1 is 0.967 bits per heavy atom. The zero-order chi connectivity index (χ0) is 20.8. The number of thiophene rings is 2. The third kappa shape index (κ3) is 5.18. The van der Waals surface area contributed by atoms with E-state index in [1.807, 2.05) is 22.9 Å². The van der Waals surface area contributed by atoms with Gasteiger partial charge in [0.15, 0.2) is 0 Å². The second-order valence-electron chi connectivity index (χ2n) is 7.59. The Balaban J connectivity index is 1.35. The summed E-state index contributed by atoms with van der Waals surface area (Å²) in [6.45, 7) is 0.493. The molecule has 2 aromatic heterocycles. The highest BCUT2D eigenvalue weighted by atomic mass is 32.1. The molecule has 1 aliphatic rings. The summed E-state index contributed by atoms with van der Waals surface area (Å²) < 4.78 is 0. The molecule has 30 heavy (non-hydrogen) atoms. The Kier molecular flexibility index (Phi) is 6.97. The maximum atomic E-state index is 12.7. The van der Waals surface area contributed by atoms with Crippen LogP contribution < -0.4 is 10.6 Å². The SMILES string of the molecule is O=C(CCCNC(=O)c1cccs1)NC(c1ccc2c(c1)CCCC2)c1cccs1. The molecule has 1 aliphatic carbocycles. The number of hydrogen-bond donors (Lipinski definition) is 2. The Bertz CT molecular complexity index is 981. The van der Waals surface area contributed by atoms with Crippen molar-refractivity contribution in [2.24, 2.45) is 0 Å². The van der Waals surface area contributed by atoms with Gasteiger partial charge in [-0.1, -0.05) is 30.3 Å². The lowest BCUT2D eigenvalue weighted by Crippen LogP contribution is -2.30. The minimum atomic E-state index is -0.120. The lowest BCUT2D eigenvalue weighted by atomic mass is 9.89. The van der Waals surface area contributed by atoms with Gasteiger partial charge in [0.2, 0.25) is 5.91 Å². The third-order valence-corrected chi connectivity index (χ3v) is 7.26. The highest BCUT2D eigenvalue weighted by molar-refractivity contribution is 7.12. The molecular weight excluding hydrogens is 412 g/mol. The lowest BCUT2D eigenvalue weighted by Gasteiger charge is -2.22. The molecule has 2 N–H and O–H groups in total. The molecule has 2 heterocycles. The van der Waals surface area contributed by atoms with E-state index >= 15 is 0 Å². The fraction of sp³-hybridized carbons (Fsp3) is 0.333. The van der Waals surface area contributed by atoms with E-state index in [9.17, 15) is 9.59 Å². The maximum Gasteiger partial charge on any atom is 0.261 e. The number of nitrogens with one attached hydrogen (secondary N) is 2. The zero-order valence-electron chi connectivity index (χ0n) is 16.9. The first kappa shape index (κ1) is 20.8. The van der Waals surface area contributed by atoms with E-state index in [-0.39, 0.29) is 17.9 Å². The number of aryl methyl sites for hydroxylation is 2. The average molecular weight is 439 g/mol. The second kappa shape index (κ2) is 10.0. The van der Waals surface area contributed by atoms with Gasteiger partial charge in [-0.05, 0) is 71.7 Å². The van der Waals surface area contributed by atoms with E-state index in [0.29, 0.717) is 24.3 Å². The van der Waals surface area contributed by atoms with Gasteiger partial charge in [0.1, 0.15) is 0 Å². The fourth-order valence-electron chi connectivity index (χ4n) is 3.89. The first-order chi connectivity index (χ1) is 14.7. The van der Waals surface area contributed by atoms with Gasteiger partial charge in [0.05, 0.1) is 10.9 Å². The van der Waals surface area contributed by atoms with Crippen LogP contribution in [0.4, 0.5) is 0 Å². The minimum absolute atomic E-state index is 0.0106. The van der Waals surface area contributed by atoms with Gasteiger partial charge in [-0.3, -0.25) is 9.59 Å². The normalized spacial score (nSPS) is 14.0. The van der Waals surface area contributed by atoms with Gasteiger partial charge in [0, 0.05) is 17.8 Å². The van der Waals surface area contributed by atoms with Crippen LogP contribution in [0.1, 0.15) is 63.0 Å². The van der Waals surface area contributed by atoms with E-state index in [1.165, 1.54) is 35.3 Å². The van der Waals surface area contributed by atoms with Crippen molar-refractivity contribution < 1.29 is 9.59 Å². The Labute approximate surface area is 185 Å². The monoisotopic (exact) mass is 438 g/mol. The van der Waals surface area contributed by atoms with Gasteiger partial charge in [0.25, 0.3) is 5.91 Å². The van der Waals surface area contributed by atoms with Crippen molar-refractivity contribution in [1.29, 1.82) is 0 Å². The molecule has 1 unspecified atom stereocenters. The average Bonchev–Trinajstić information content (AvgIpc) is 3.49. The van der Waals surface area contributed by atoms with Crippen LogP contribution in [0.3, 0.4) is 0 Å². The van der Waals surface area contributed by atoms with Crippen LogP contribution in [-0.4, -0.2) is 18.4 Å². The van der Waals surface area contributed by atoms with Gasteiger partial charge < -0.3 is 10.6 Å². The summed E-state index contributed by atoms with van der Waals surface area (Å²) in [7, 11) is 0. The zero-order valence-corrected chi connectivity index (χ0v) is 18.5. The van der Waals surface area contributed by atoms with Gasteiger partial charge >= 0.3 is 0 Å². The summed E-state index contributed by atoms with van der Waals surface area (Å²) >= 11 is 3.08. The third-order valence-electron chi connectivity index (χ3n) is 5.45. The Hall–Kier alpha value is -2.44. The first-order valence-corrected chi connectivity index (χ1v) is 12.2. The van der Waals surface area contributed by atoms with E-state index in [4.69, 9.17) is 0 Å². The number of amides is 2.